The average molecular weight is 335 g/mol. The van der Waals surface area contributed by atoms with Gasteiger partial charge in [-0.05, 0) is 24.0 Å². The minimum atomic E-state index is -1.34. The first kappa shape index (κ1) is 15.4. The van der Waals surface area contributed by atoms with Gasteiger partial charge in [0.1, 0.15) is 0 Å². The summed E-state index contributed by atoms with van der Waals surface area (Å²) in [6.07, 6.45) is 4.74. The smallest absolute Gasteiger partial charge is 0.275 e. The lowest BCUT2D eigenvalue weighted by Gasteiger charge is -2.38. The van der Waals surface area contributed by atoms with Crippen molar-refractivity contribution in [2.75, 3.05) is 5.32 Å². The first-order valence-corrected chi connectivity index (χ1v) is 8.08. The highest BCUT2D eigenvalue weighted by atomic mass is 16.6. The van der Waals surface area contributed by atoms with Gasteiger partial charge >= 0.3 is 0 Å². The summed E-state index contributed by atoms with van der Waals surface area (Å²) in [4.78, 5) is 22.6. The maximum Gasteiger partial charge on any atom is 0.275 e. The minimum Gasteiger partial charge on any atom is -0.545 e. The summed E-state index contributed by atoms with van der Waals surface area (Å²) in [5.41, 5.74) is 1.68. The second-order valence-corrected chi connectivity index (χ2v) is 6.35. The molecule has 4 rings (SSSR count). The number of carbonyl (C=O) groups excluding carboxylic acids is 1. The van der Waals surface area contributed by atoms with Crippen molar-refractivity contribution in [3.63, 3.8) is 0 Å². The number of carboxylic acid groups (broad SMARTS) is 1. The van der Waals surface area contributed by atoms with Crippen molar-refractivity contribution < 1.29 is 14.8 Å². The van der Waals surface area contributed by atoms with E-state index in [4.69, 9.17) is 0 Å². The largest absolute Gasteiger partial charge is 0.545 e. The molecule has 0 fully saturated rings. The Morgan fingerprint density at radius 3 is 2.60 bits per heavy atom. The molecule has 6 heteroatoms. The molecule has 0 spiro atoms. The minimum absolute atomic E-state index is 0.0414. The molecule has 25 heavy (non-hydrogen) atoms. The lowest BCUT2D eigenvalue weighted by Crippen LogP contribution is -2.33. The van der Waals surface area contributed by atoms with Gasteiger partial charge in [0.15, 0.2) is 0 Å². The Morgan fingerprint density at radius 1 is 1.16 bits per heavy atom. The topological polar surface area (TPSA) is 95.3 Å². The van der Waals surface area contributed by atoms with Gasteiger partial charge in [-0.15, -0.1) is 0 Å². The molecule has 6 nitrogen and oxygen atoms in total. The van der Waals surface area contributed by atoms with Gasteiger partial charge in [-0.3, -0.25) is 10.1 Å². The molecular formula is C19H15N2O4-. The van der Waals surface area contributed by atoms with Gasteiger partial charge in [-0.1, -0.05) is 42.5 Å². The maximum absolute atomic E-state index is 11.6. The van der Waals surface area contributed by atoms with Crippen molar-refractivity contribution in [3.8, 4) is 0 Å². The Hall–Kier alpha value is -3.15. The normalized spacial score (nSPS) is 23.4. The number of hydrogen-bond donors (Lipinski definition) is 1. The third-order valence-electron chi connectivity index (χ3n) is 5.07. The Bertz CT molecular complexity index is 892. The number of nitro benzene ring substituents is 1. The molecule has 2 aliphatic rings. The molecule has 2 aromatic rings. The Balaban J connectivity index is 1.93. The summed E-state index contributed by atoms with van der Waals surface area (Å²) in [6.45, 7) is 0. The van der Waals surface area contributed by atoms with Crippen LogP contribution >= 0.6 is 0 Å². The van der Waals surface area contributed by atoms with Crippen molar-refractivity contribution >= 4 is 17.3 Å². The SMILES string of the molecule is O=C([O-])c1ccc([N+](=O)[O-])c2c1N[C@@H](c1ccccc1)[C@@H]1CC=C[C@H]21. The van der Waals surface area contributed by atoms with Crippen LogP contribution < -0.4 is 10.4 Å². The Labute approximate surface area is 144 Å². The monoisotopic (exact) mass is 335 g/mol. The molecule has 0 unspecified atom stereocenters. The molecule has 0 amide bonds. The fraction of sp³-hybridized carbons (Fsp3) is 0.211. The van der Waals surface area contributed by atoms with Crippen LogP contribution in [0.1, 0.15) is 39.9 Å². The third-order valence-corrected chi connectivity index (χ3v) is 5.07. The molecular weight excluding hydrogens is 320 g/mol. The van der Waals surface area contributed by atoms with Gasteiger partial charge in [0.05, 0.1) is 28.2 Å². The molecule has 3 atom stereocenters. The number of nitrogens with one attached hydrogen (secondary N) is 1. The number of aromatic carboxylic acids is 1. The highest BCUT2D eigenvalue weighted by molar-refractivity contribution is 5.95. The highest BCUT2D eigenvalue weighted by Gasteiger charge is 2.42. The number of carboxylic acids is 1. The van der Waals surface area contributed by atoms with Crippen LogP contribution in [0, 0.1) is 16.0 Å². The van der Waals surface area contributed by atoms with Crippen LogP contribution in [0.25, 0.3) is 0 Å². The lowest BCUT2D eigenvalue weighted by atomic mass is 9.75. The van der Waals surface area contributed by atoms with Gasteiger partial charge < -0.3 is 15.2 Å². The van der Waals surface area contributed by atoms with E-state index in [-0.39, 0.29) is 29.1 Å². The van der Waals surface area contributed by atoms with Gasteiger partial charge in [0.25, 0.3) is 5.69 Å². The van der Waals surface area contributed by atoms with Crippen LogP contribution in [0.4, 0.5) is 11.4 Å². The molecule has 0 radical (unpaired) electrons. The number of anilines is 1. The fourth-order valence-electron chi connectivity index (χ4n) is 4.01. The van der Waals surface area contributed by atoms with Crippen LogP contribution in [0.5, 0.6) is 0 Å². The van der Waals surface area contributed by atoms with Crippen LogP contribution in [-0.4, -0.2) is 10.9 Å². The summed E-state index contributed by atoms with van der Waals surface area (Å²) < 4.78 is 0. The first-order valence-electron chi connectivity index (χ1n) is 8.08. The van der Waals surface area contributed by atoms with E-state index < -0.39 is 10.9 Å². The van der Waals surface area contributed by atoms with E-state index in [1.54, 1.807) is 0 Å². The van der Waals surface area contributed by atoms with E-state index in [1.165, 1.54) is 12.1 Å². The van der Waals surface area contributed by atoms with E-state index in [0.29, 0.717) is 11.3 Å². The number of carbonyl (C=O) groups is 1. The van der Waals surface area contributed by atoms with Crippen LogP contribution in [0.2, 0.25) is 0 Å². The van der Waals surface area contributed by atoms with Crippen molar-refractivity contribution in [2.45, 2.75) is 18.4 Å². The summed E-state index contributed by atoms with van der Waals surface area (Å²) in [6, 6.07) is 12.1. The standard InChI is InChI=1S/C19H16N2O4/c22-19(23)14-9-10-15(21(24)25)16-12-7-4-8-13(12)17(20-18(14)16)11-5-2-1-3-6-11/h1-7,9-10,12-13,17,20H,8H2,(H,22,23)/p-1/t12-,13+,17-/m0/s1. The maximum atomic E-state index is 11.6. The van der Waals surface area contributed by atoms with E-state index in [0.717, 1.165) is 12.0 Å². The quantitative estimate of drug-likeness (QED) is 0.529. The predicted molar refractivity (Wildman–Crippen MR) is 90.2 cm³/mol. The molecule has 2 aromatic carbocycles. The van der Waals surface area contributed by atoms with E-state index >= 15 is 0 Å². The molecule has 0 aromatic heterocycles. The number of benzene rings is 2. The molecule has 1 aliphatic heterocycles. The van der Waals surface area contributed by atoms with Crippen molar-refractivity contribution in [1.82, 2.24) is 0 Å². The molecule has 126 valence electrons. The summed E-state index contributed by atoms with van der Waals surface area (Å²) in [7, 11) is 0. The van der Waals surface area contributed by atoms with Gasteiger partial charge in [-0.25, -0.2) is 0 Å². The highest BCUT2D eigenvalue weighted by Crippen LogP contribution is 2.53. The van der Waals surface area contributed by atoms with Crippen LogP contribution in [0.15, 0.2) is 54.6 Å². The molecule has 1 N–H and O–H groups in total. The molecule has 0 saturated carbocycles. The van der Waals surface area contributed by atoms with Gasteiger partial charge in [-0.2, -0.15) is 0 Å². The van der Waals surface area contributed by atoms with Crippen LogP contribution in [-0.2, 0) is 0 Å². The second kappa shape index (κ2) is 5.73. The fourth-order valence-corrected chi connectivity index (χ4v) is 4.01. The van der Waals surface area contributed by atoms with Crippen LogP contribution in [0.3, 0.4) is 0 Å². The summed E-state index contributed by atoms with van der Waals surface area (Å²) >= 11 is 0. The first-order chi connectivity index (χ1) is 12.1. The average Bonchev–Trinajstić information content (AvgIpc) is 3.10. The molecule has 1 aliphatic carbocycles. The van der Waals surface area contributed by atoms with Crippen molar-refractivity contribution in [3.05, 3.63) is 81.4 Å². The number of fused-ring (bicyclic) bond motifs is 3. The van der Waals surface area contributed by atoms with E-state index in [2.05, 4.69) is 5.32 Å². The number of allylic oxidation sites excluding steroid dienone is 2. The van der Waals surface area contributed by atoms with Gasteiger partial charge in [0.2, 0.25) is 0 Å². The second-order valence-electron chi connectivity index (χ2n) is 6.35. The number of hydrogen-bond acceptors (Lipinski definition) is 5. The Kier molecular flexibility index (Phi) is 3.53. The van der Waals surface area contributed by atoms with E-state index in [9.17, 15) is 20.0 Å². The summed E-state index contributed by atoms with van der Waals surface area (Å²) in [5, 5.41) is 26.3. The number of nitro groups is 1. The zero-order valence-electron chi connectivity index (χ0n) is 13.2. The third kappa shape index (κ3) is 2.38. The molecule has 0 bridgehead atoms. The number of nitrogens with zero attached hydrogens (tertiary/aromatic N) is 1. The van der Waals surface area contributed by atoms with Crippen molar-refractivity contribution in [1.29, 1.82) is 0 Å². The van der Waals surface area contributed by atoms with E-state index in [1.807, 2.05) is 42.5 Å². The van der Waals surface area contributed by atoms with Gasteiger partial charge in [0, 0.05) is 17.5 Å². The Morgan fingerprint density at radius 2 is 1.92 bits per heavy atom. The predicted octanol–water partition coefficient (Wildman–Crippen LogP) is 2.78. The summed E-state index contributed by atoms with van der Waals surface area (Å²) in [5.74, 6) is -1.43. The molecule has 1 heterocycles. The van der Waals surface area contributed by atoms with Crippen molar-refractivity contribution in [2.24, 2.45) is 5.92 Å². The number of rotatable bonds is 3. The molecule has 0 saturated heterocycles. The zero-order chi connectivity index (χ0) is 17.6. The zero-order valence-corrected chi connectivity index (χ0v) is 13.2. The lowest BCUT2D eigenvalue weighted by molar-refractivity contribution is -0.385.